The number of rotatable bonds is 1. The molecule has 0 fully saturated rings. The van der Waals surface area contributed by atoms with E-state index >= 15 is 0 Å². The average molecular weight is 263 g/mol. The van der Waals surface area contributed by atoms with Gasteiger partial charge in [0.25, 0.3) is 10.3 Å². The van der Waals surface area contributed by atoms with E-state index in [-0.39, 0.29) is 10.7 Å². The van der Waals surface area contributed by atoms with Crippen LogP contribution in [-0.2, 0) is 10.3 Å². The van der Waals surface area contributed by atoms with Crippen molar-refractivity contribution in [2.24, 2.45) is 0 Å². The summed E-state index contributed by atoms with van der Waals surface area (Å²) in [7, 11) is 1.31. The molecule has 0 N–H and O–H groups in total. The zero-order valence-corrected chi connectivity index (χ0v) is 11.2. The summed E-state index contributed by atoms with van der Waals surface area (Å²) in [5.41, 5.74) is 0.00145. The quantitative estimate of drug-likeness (QED) is 0.443. The third-order valence-corrected chi connectivity index (χ3v) is 2.76. The molecule has 0 saturated carbocycles. The van der Waals surface area contributed by atoms with Crippen molar-refractivity contribution in [3.05, 3.63) is 28.0 Å². The first kappa shape index (κ1) is 13.3. The highest BCUT2D eigenvalue weighted by Gasteiger charge is 2.32. The lowest BCUT2D eigenvalue weighted by Crippen LogP contribution is -2.52. The monoisotopic (exact) mass is 262 g/mol. The summed E-state index contributed by atoms with van der Waals surface area (Å²) in [6.07, 6.45) is 0. The van der Waals surface area contributed by atoms with Crippen LogP contribution in [0.25, 0.3) is 0 Å². The number of halogens is 2. The maximum Gasteiger partial charge on any atom is 0.345 e. The summed E-state index contributed by atoms with van der Waals surface area (Å²) in [5.74, 6) is -0.473. The Morgan fingerprint density at radius 3 is 2.31 bits per heavy atom. The second-order valence-corrected chi connectivity index (χ2v) is 5.10. The van der Waals surface area contributed by atoms with Crippen molar-refractivity contribution in [2.45, 2.75) is 26.3 Å². The first-order valence-electron chi connectivity index (χ1n) is 4.78. The fourth-order valence-corrected chi connectivity index (χ4v) is 2.32. The van der Waals surface area contributed by atoms with E-state index in [1.807, 2.05) is 20.8 Å². The van der Waals surface area contributed by atoms with Crippen molar-refractivity contribution in [3.8, 4) is 0 Å². The molecule has 0 aliphatic heterocycles. The van der Waals surface area contributed by atoms with E-state index in [0.717, 1.165) is 0 Å². The second kappa shape index (κ2) is 4.60. The summed E-state index contributed by atoms with van der Waals surface area (Å²) < 4.78 is 6.33. The first-order chi connectivity index (χ1) is 7.29. The van der Waals surface area contributed by atoms with Gasteiger partial charge < -0.3 is 4.74 Å². The summed E-state index contributed by atoms with van der Waals surface area (Å²) in [4.78, 5) is 11.5. The SMILES string of the molecule is COC(=O)c1ccc(Cl)[n+](C(C)(C)C)c1Cl. The minimum absolute atomic E-state index is 0.284. The molecule has 88 valence electrons. The van der Waals surface area contributed by atoms with Gasteiger partial charge in [-0.15, -0.1) is 0 Å². The number of pyridine rings is 1. The molecule has 0 radical (unpaired) electrons. The van der Waals surface area contributed by atoms with E-state index in [4.69, 9.17) is 23.2 Å². The molecule has 0 bridgehead atoms. The Kier molecular flexibility index (Phi) is 3.81. The van der Waals surface area contributed by atoms with Crippen LogP contribution >= 0.6 is 23.2 Å². The normalized spacial score (nSPS) is 11.4. The number of hydrogen-bond acceptors (Lipinski definition) is 2. The summed E-state index contributed by atoms with van der Waals surface area (Å²) >= 11 is 12.2. The largest absolute Gasteiger partial charge is 0.465 e. The smallest absolute Gasteiger partial charge is 0.345 e. The third-order valence-electron chi connectivity index (χ3n) is 2.10. The molecule has 16 heavy (non-hydrogen) atoms. The van der Waals surface area contributed by atoms with Crippen LogP contribution in [0.2, 0.25) is 10.3 Å². The molecule has 0 atom stereocenters. The Hall–Kier alpha value is -0.800. The minimum Gasteiger partial charge on any atom is -0.465 e. The van der Waals surface area contributed by atoms with Gasteiger partial charge in [-0.1, -0.05) is 0 Å². The minimum atomic E-state index is -0.473. The Morgan fingerprint density at radius 1 is 1.31 bits per heavy atom. The van der Waals surface area contributed by atoms with Gasteiger partial charge in [0.2, 0.25) is 0 Å². The van der Waals surface area contributed by atoms with Gasteiger partial charge in [0.1, 0.15) is 5.56 Å². The number of methoxy groups -OCH3 is 1. The number of carbonyl (C=O) groups excluding carboxylic acids is 1. The zero-order chi connectivity index (χ0) is 12.5. The van der Waals surface area contributed by atoms with Gasteiger partial charge in [-0.2, -0.15) is 4.57 Å². The van der Waals surface area contributed by atoms with Gasteiger partial charge in [-0.3, -0.25) is 0 Å². The fraction of sp³-hybridized carbons (Fsp3) is 0.455. The molecule has 0 unspecified atom stereocenters. The third kappa shape index (κ3) is 2.47. The number of esters is 1. The highest BCUT2D eigenvalue weighted by atomic mass is 35.5. The Labute approximate surface area is 105 Å². The lowest BCUT2D eigenvalue weighted by molar-refractivity contribution is -0.750. The van der Waals surface area contributed by atoms with Crippen LogP contribution in [0.3, 0.4) is 0 Å². The van der Waals surface area contributed by atoms with Crippen LogP contribution in [0, 0.1) is 0 Å². The van der Waals surface area contributed by atoms with Crippen molar-refractivity contribution < 1.29 is 14.1 Å². The fourth-order valence-electron chi connectivity index (χ4n) is 1.39. The molecule has 0 aliphatic rings. The number of hydrogen-bond donors (Lipinski definition) is 0. The molecule has 1 heterocycles. The predicted octanol–water partition coefficient (Wildman–Crippen LogP) is 2.82. The van der Waals surface area contributed by atoms with Crippen molar-refractivity contribution in [2.75, 3.05) is 7.11 Å². The van der Waals surface area contributed by atoms with Crippen LogP contribution < -0.4 is 4.57 Å². The van der Waals surface area contributed by atoms with Crippen molar-refractivity contribution in [1.29, 1.82) is 0 Å². The van der Waals surface area contributed by atoms with Crippen LogP contribution in [0.5, 0.6) is 0 Å². The van der Waals surface area contributed by atoms with E-state index in [0.29, 0.717) is 10.7 Å². The zero-order valence-electron chi connectivity index (χ0n) is 9.67. The summed E-state index contributed by atoms with van der Waals surface area (Å²) in [5, 5.41) is 0.761. The topological polar surface area (TPSA) is 30.2 Å². The standard InChI is InChI=1S/C11H14Cl2NO2/c1-11(2,3)14-8(12)6-5-7(9(14)13)10(15)16-4/h5-6H,1-4H3/q+1. The molecule has 0 amide bonds. The molecule has 0 aliphatic carbocycles. The number of nitrogens with zero attached hydrogens (tertiary/aromatic N) is 1. The van der Waals surface area contributed by atoms with E-state index in [9.17, 15) is 4.79 Å². The van der Waals surface area contributed by atoms with Gasteiger partial charge in [0.05, 0.1) is 7.11 Å². The van der Waals surface area contributed by atoms with Crippen LogP contribution in [0.1, 0.15) is 31.1 Å². The molecule has 1 aromatic heterocycles. The van der Waals surface area contributed by atoms with Crippen molar-refractivity contribution in [1.82, 2.24) is 0 Å². The molecule has 5 heteroatoms. The van der Waals surface area contributed by atoms with Gasteiger partial charge in [0.15, 0.2) is 5.54 Å². The Balaban J connectivity index is 3.45. The predicted molar refractivity (Wildman–Crippen MR) is 63.0 cm³/mol. The molecule has 1 rings (SSSR count). The lowest BCUT2D eigenvalue weighted by Gasteiger charge is -2.16. The van der Waals surface area contributed by atoms with E-state index < -0.39 is 5.97 Å². The van der Waals surface area contributed by atoms with Crippen molar-refractivity contribution in [3.63, 3.8) is 0 Å². The van der Waals surface area contributed by atoms with E-state index in [1.165, 1.54) is 7.11 Å². The van der Waals surface area contributed by atoms with E-state index in [1.54, 1.807) is 16.7 Å². The van der Waals surface area contributed by atoms with Gasteiger partial charge in [-0.25, -0.2) is 4.79 Å². The van der Waals surface area contributed by atoms with Crippen molar-refractivity contribution >= 4 is 29.2 Å². The number of carbonyl (C=O) groups is 1. The molecule has 0 aromatic carbocycles. The Morgan fingerprint density at radius 2 is 1.88 bits per heavy atom. The molecular formula is C11H14Cl2NO2+. The molecule has 0 saturated heterocycles. The van der Waals surface area contributed by atoms with Gasteiger partial charge in [-0.05, 0) is 29.3 Å². The second-order valence-electron chi connectivity index (χ2n) is 4.36. The van der Waals surface area contributed by atoms with Gasteiger partial charge in [0, 0.05) is 26.8 Å². The highest BCUT2D eigenvalue weighted by Crippen LogP contribution is 2.20. The van der Waals surface area contributed by atoms with Crippen LogP contribution in [0.15, 0.2) is 12.1 Å². The van der Waals surface area contributed by atoms with Crippen LogP contribution in [0.4, 0.5) is 0 Å². The van der Waals surface area contributed by atoms with Gasteiger partial charge >= 0.3 is 5.97 Å². The maximum absolute atomic E-state index is 11.5. The highest BCUT2D eigenvalue weighted by molar-refractivity contribution is 6.32. The molecule has 1 aromatic rings. The van der Waals surface area contributed by atoms with Crippen LogP contribution in [-0.4, -0.2) is 13.1 Å². The first-order valence-corrected chi connectivity index (χ1v) is 5.53. The maximum atomic E-state index is 11.5. The summed E-state index contributed by atoms with van der Waals surface area (Å²) in [6.45, 7) is 5.85. The molecular weight excluding hydrogens is 249 g/mol. The average Bonchev–Trinajstić information content (AvgIpc) is 2.14. The van der Waals surface area contributed by atoms with E-state index in [2.05, 4.69) is 4.74 Å². The summed E-state index contributed by atoms with van der Waals surface area (Å²) in [6, 6.07) is 3.18. The lowest BCUT2D eigenvalue weighted by atomic mass is 10.1. The molecule has 3 nitrogen and oxygen atoms in total. The number of ether oxygens (including phenoxy) is 1. The Bertz CT molecular complexity index is 425. The molecule has 0 spiro atoms. The number of aromatic nitrogens is 1.